The Bertz CT molecular complexity index is 2160. The van der Waals surface area contributed by atoms with Crippen molar-refractivity contribution in [1.82, 2.24) is 24.9 Å². The fraction of sp³-hybridized carbons (Fsp3) is 0.270. The zero-order chi connectivity index (χ0) is 29.1. The largest absolute Gasteiger partial charge is 2.00 e. The summed E-state index contributed by atoms with van der Waals surface area (Å²) in [6.07, 6.45) is 5.50. The summed E-state index contributed by atoms with van der Waals surface area (Å²) in [5.41, 5.74) is 16.3. The first-order valence-electron chi connectivity index (χ1n) is 15.2. The maximum absolute atomic E-state index is 5.26. The third-order valence-electron chi connectivity index (χ3n) is 9.06. The zero-order valence-electron chi connectivity index (χ0n) is 25.6. The third-order valence-corrected chi connectivity index (χ3v) is 9.06. The molecule has 43 heavy (non-hydrogen) atoms. The molecule has 6 heteroatoms. The fourth-order valence-electron chi connectivity index (χ4n) is 6.89. The number of allylic oxidation sites excluding steroid dienone is 4. The summed E-state index contributed by atoms with van der Waals surface area (Å²) in [6, 6.07) is 17.1. The van der Waals surface area contributed by atoms with Crippen LogP contribution in [0.15, 0.2) is 54.7 Å². The molecular formula is C37H35N5Ni. The normalized spacial score (nSPS) is 13.3. The van der Waals surface area contributed by atoms with E-state index >= 15 is 0 Å². The molecule has 0 fully saturated rings. The summed E-state index contributed by atoms with van der Waals surface area (Å²) < 4.78 is 0. The van der Waals surface area contributed by atoms with Crippen molar-refractivity contribution in [3.05, 3.63) is 88.6 Å². The van der Waals surface area contributed by atoms with Crippen LogP contribution in [0, 0.1) is 0 Å². The number of aromatic nitrogens is 5. The fourth-order valence-corrected chi connectivity index (χ4v) is 6.89. The predicted octanol–water partition coefficient (Wildman–Crippen LogP) is 9.08. The van der Waals surface area contributed by atoms with Gasteiger partial charge in [-0.25, -0.2) is 9.97 Å². The number of benzene rings is 1. The van der Waals surface area contributed by atoms with Gasteiger partial charge in [-0.3, -0.25) is 4.98 Å². The van der Waals surface area contributed by atoms with Gasteiger partial charge >= 0.3 is 16.5 Å². The molecule has 0 amide bonds. The van der Waals surface area contributed by atoms with Gasteiger partial charge in [0, 0.05) is 11.6 Å². The molecule has 2 aliphatic heterocycles. The van der Waals surface area contributed by atoms with Crippen LogP contribution in [0.1, 0.15) is 88.3 Å². The van der Waals surface area contributed by atoms with Crippen LogP contribution in [0.2, 0.25) is 0 Å². The van der Waals surface area contributed by atoms with Crippen LogP contribution in [0.25, 0.3) is 66.0 Å². The molecule has 0 saturated carbocycles. The molecule has 5 aromatic rings. The van der Waals surface area contributed by atoms with Crippen LogP contribution in [0.4, 0.5) is 0 Å². The molecule has 7 rings (SSSR count). The second-order valence-electron chi connectivity index (χ2n) is 11.2. The van der Waals surface area contributed by atoms with Gasteiger partial charge in [0.2, 0.25) is 0 Å². The number of pyridine rings is 1. The Morgan fingerprint density at radius 3 is 1.67 bits per heavy atom. The van der Waals surface area contributed by atoms with Gasteiger partial charge in [-0.15, -0.1) is 22.1 Å². The minimum Gasteiger partial charge on any atom is -0.657 e. The van der Waals surface area contributed by atoms with E-state index in [4.69, 9.17) is 19.9 Å². The van der Waals surface area contributed by atoms with E-state index in [1.165, 1.54) is 33.4 Å². The summed E-state index contributed by atoms with van der Waals surface area (Å²) in [5, 5.41) is 3.32. The topological polar surface area (TPSA) is 66.9 Å². The van der Waals surface area contributed by atoms with E-state index in [2.05, 4.69) is 89.0 Å². The molecule has 0 spiro atoms. The molecule has 218 valence electrons. The predicted molar refractivity (Wildman–Crippen MR) is 176 cm³/mol. The van der Waals surface area contributed by atoms with E-state index in [9.17, 15) is 0 Å². The van der Waals surface area contributed by atoms with Crippen LogP contribution >= 0.6 is 0 Å². The molecule has 0 N–H and O–H groups in total. The van der Waals surface area contributed by atoms with Gasteiger partial charge in [0.1, 0.15) is 0 Å². The van der Waals surface area contributed by atoms with Gasteiger partial charge in [-0.1, -0.05) is 75.2 Å². The van der Waals surface area contributed by atoms with Crippen LogP contribution < -0.4 is 9.97 Å². The molecule has 1 aromatic carbocycles. The molecule has 0 unspecified atom stereocenters. The minimum atomic E-state index is 0. The van der Waals surface area contributed by atoms with Gasteiger partial charge in [0.25, 0.3) is 0 Å². The second kappa shape index (κ2) is 11.2. The minimum absolute atomic E-state index is 0. The Morgan fingerprint density at radius 2 is 1.12 bits per heavy atom. The van der Waals surface area contributed by atoms with Crippen molar-refractivity contribution >= 4 is 66.0 Å². The number of hydrogen-bond donors (Lipinski definition) is 0. The van der Waals surface area contributed by atoms with Gasteiger partial charge in [0.15, 0.2) is 0 Å². The Balaban J connectivity index is 0.00000329. The van der Waals surface area contributed by atoms with Crippen molar-refractivity contribution in [2.75, 3.05) is 0 Å². The maximum atomic E-state index is 5.26. The Kier molecular flexibility index (Phi) is 7.60. The van der Waals surface area contributed by atoms with E-state index in [0.29, 0.717) is 0 Å². The summed E-state index contributed by atoms with van der Waals surface area (Å²) in [7, 11) is 0. The monoisotopic (exact) mass is 607 g/mol. The molecule has 0 atom stereocenters. The van der Waals surface area contributed by atoms with Crippen molar-refractivity contribution in [2.24, 2.45) is 0 Å². The third kappa shape index (κ3) is 4.55. The molecule has 8 bridgehead atoms. The van der Waals surface area contributed by atoms with Gasteiger partial charge in [0.05, 0.1) is 28.3 Å². The van der Waals surface area contributed by atoms with Gasteiger partial charge in [-0.05, 0) is 84.7 Å². The second-order valence-corrected chi connectivity index (χ2v) is 11.2. The van der Waals surface area contributed by atoms with Crippen molar-refractivity contribution in [3.63, 3.8) is 0 Å². The molecule has 0 aliphatic carbocycles. The first-order valence-corrected chi connectivity index (χ1v) is 15.2. The van der Waals surface area contributed by atoms with Crippen molar-refractivity contribution < 1.29 is 16.5 Å². The van der Waals surface area contributed by atoms with Crippen LogP contribution in [0.5, 0.6) is 0 Å². The van der Waals surface area contributed by atoms with Crippen LogP contribution in [-0.4, -0.2) is 15.0 Å². The number of nitrogens with zero attached hydrogens (tertiary/aromatic N) is 5. The molecule has 6 heterocycles. The molecule has 0 radical (unpaired) electrons. The quantitative estimate of drug-likeness (QED) is 0.191. The van der Waals surface area contributed by atoms with E-state index in [-0.39, 0.29) is 16.5 Å². The summed E-state index contributed by atoms with van der Waals surface area (Å²) >= 11 is 0. The van der Waals surface area contributed by atoms with E-state index in [1.807, 2.05) is 12.3 Å². The molecular weight excluding hydrogens is 573 g/mol. The van der Waals surface area contributed by atoms with Gasteiger partial charge < -0.3 is 9.97 Å². The average Bonchev–Trinajstić information content (AvgIpc) is 3.70. The first kappa shape index (κ1) is 29.1. The molecule has 0 saturated heterocycles. The smallest absolute Gasteiger partial charge is 0.657 e. The van der Waals surface area contributed by atoms with Crippen LogP contribution in [-0.2, 0) is 29.3 Å². The van der Waals surface area contributed by atoms with Crippen molar-refractivity contribution in [2.45, 2.75) is 67.2 Å². The number of fused-ring (bicyclic) bond motifs is 13. The standard InChI is InChI=1S/C37H35N5.Ni/c1-7-22-20(5)29-16-33-24(9-3)25(10-4)34(41-33)17-30-21(6)23(8-2)32(40-30)19-36-37-26-12-11-15-38-28(26)14-13-27(37)35(42-36)18-31(22)39-29;/h11-19H,7-10H2,1-6H3;/q-2;+2. The molecule has 4 aromatic heterocycles. The zero-order valence-corrected chi connectivity index (χ0v) is 26.6. The number of aryl methyl sites for hydroxylation is 2. The Hall–Kier alpha value is -4.02. The van der Waals surface area contributed by atoms with Crippen LogP contribution in [0.3, 0.4) is 0 Å². The molecule has 2 aliphatic rings. The average molecular weight is 608 g/mol. The summed E-state index contributed by atoms with van der Waals surface area (Å²) in [6.45, 7) is 13.2. The van der Waals surface area contributed by atoms with E-state index in [1.54, 1.807) is 0 Å². The number of hydrogen-bond acceptors (Lipinski definition) is 3. The van der Waals surface area contributed by atoms with Crippen molar-refractivity contribution in [3.8, 4) is 0 Å². The Labute approximate surface area is 262 Å². The van der Waals surface area contributed by atoms with E-state index < -0.39 is 0 Å². The van der Waals surface area contributed by atoms with Crippen molar-refractivity contribution in [1.29, 1.82) is 0 Å². The Morgan fingerprint density at radius 1 is 0.581 bits per heavy atom. The maximum Gasteiger partial charge on any atom is 2.00 e. The first-order chi connectivity index (χ1) is 20.4. The van der Waals surface area contributed by atoms with Gasteiger partial charge in [-0.2, -0.15) is 0 Å². The number of rotatable bonds is 4. The summed E-state index contributed by atoms with van der Waals surface area (Å²) in [5.74, 6) is 0. The van der Waals surface area contributed by atoms with E-state index in [0.717, 1.165) is 92.2 Å². The SMILES string of the molecule is CCC1=C(C)c2cc3[n-]c(cc4nc(cc5[n-]c(cc1n2)c1ccc2ncccc2c51)C(CC)=C4C)c(CC)c3CC.[Ni+2]. The molecule has 5 nitrogen and oxygen atoms in total. The summed E-state index contributed by atoms with van der Waals surface area (Å²) in [4.78, 5) is 25.5.